The molecule has 7 nitrogen and oxygen atoms in total. The highest BCUT2D eigenvalue weighted by Crippen LogP contribution is 2.27. The first kappa shape index (κ1) is 19.6. The molecule has 1 fully saturated rings. The predicted octanol–water partition coefficient (Wildman–Crippen LogP) is 2.69. The van der Waals surface area contributed by atoms with Crippen molar-refractivity contribution in [1.29, 1.82) is 0 Å². The number of aryl methyl sites for hydroxylation is 1. The van der Waals surface area contributed by atoms with Crippen LogP contribution in [0.15, 0.2) is 36.7 Å². The maximum absolute atomic E-state index is 12.3. The summed E-state index contributed by atoms with van der Waals surface area (Å²) in [7, 11) is 0. The molecule has 2 amide bonds. The molecule has 1 saturated heterocycles. The highest BCUT2D eigenvalue weighted by Gasteiger charge is 2.18. The van der Waals surface area contributed by atoms with Gasteiger partial charge in [0.1, 0.15) is 0 Å². The van der Waals surface area contributed by atoms with E-state index in [2.05, 4.69) is 36.5 Å². The van der Waals surface area contributed by atoms with E-state index in [-0.39, 0.29) is 6.03 Å². The van der Waals surface area contributed by atoms with Crippen molar-refractivity contribution >= 4 is 17.7 Å². The Balaban J connectivity index is 1.15. The fraction of sp³-hybridized carbons (Fsp3) is 0.500. The number of benzene rings is 1. The average Bonchev–Trinajstić information content (AvgIpc) is 2.78. The lowest BCUT2D eigenvalue weighted by Gasteiger charge is -2.34. The number of fused-ring (bicyclic) bond motifs is 1. The van der Waals surface area contributed by atoms with Gasteiger partial charge in [0.15, 0.2) is 0 Å². The third kappa shape index (κ3) is 5.23. The predicted molar refractivity (Wildman–Crippen MR) is 115 cm³/mol. The van der Waals surface area contributed by atoms with E-state index < -0.39 is 0 Å². The zero-order chi connectivity index (χ0) is 19.9. The second kappa shape index (κ2) is 9.69. The molecular weight excluding hydrogens is 364 g/mol. The van der Waals surface area contributed by atoms with Crippen molar-refractivity contribution in [3.05, 3.63) is 47.8 Å². The number of carbonyl (C=O) groups is 1. The number of urea groups is 1. The number of nitrogens with one attached hydrogen (secondary N) is 2. The molecule has 1 aliphatic carbocycles. The third-order valence-electron chi connectivity index (χ3n) is 5.79. The van der Waals surface area contributed by atoms with E-state index in [0.29, 0.717) is 6.54 Å². The van der Waals surface area contributed by atoms with E-state index in [0.717, 1.165) is 63.6 Å². The van der Waals surface area contributed by atoms with Gasteiger partial charge in [0.05, 0.1) is 0 Å². The van der Waals surface area contributed by atoms with Gasteiger partial charge >= 0.3 is 6.03 Å². The van der Waals surface area contributed by atoms with Crippen LogP contribution < -0.4 is 15.5 Å². The number of hydrogen-bond donors (Lipinski definition) is 2. The fourth-order valence-corrected chi connectivity index (χ4v) is 4.20. The number of nitrogens with zero attached hydrogens (tertiary/aromatic N) is 4. The largest absolute Gasteiger partial charge is 0.338 e. The SMILES string of the molecule is O=C(NCCCN1CCN(c2ncccn2)CC1)Nc1cccc2c1CCCC2. The van der Waals surface area contributed by atoms with Gasteiger partial charge < -0.3 is 15.5 Å². The molecule has 0 atom stereocenters. The lowest BCUT2D eigenvalue weighted by Crippen LogP contribution is -2.47. The summed E-state index contributed by atoms with van der Waals surface area (Å²) in [6.45, 7) is 5.56. The lowest BCUT2D eigenvalue weighted by molar-refractivity contribution is 0.243. The third-order valence-corrected chi connectivity index (χ3v) is 5.79. The Hall–Kier alpha value is -2.67. The Morgan fingerprint density at radius 2 is 1.79 bits per heavy atom. The number of piperazine rings is 1. The highest BCUT2D eigenvalue weighted by atomic mass is 16.2. The Morgan fingerprint density at radius 3 is 2.62 bits per heavy atom. The van der Waals surface area contributed by atoms with Crippen LogP contribution in [-0.4, -0.2) is 60.2 Å². The standard InChI is InChI=1S/C22H30N6O/c29-22(26-20-9-3-7-18-6-1-2-8-19(18)20)25-12-5-13-27-14-16-28(17-15-27)21-23-10-4-11-24-21/h3-4,7,9-11H,1-2,5-6,8,12-17H2,(H2,25,26,29). The van der Waals surface area contributed by atoms with E-state index >= 15 is 0 Å². The minimum absolute atomic E-state index is 0.102. The summed E-state index contributed by atoms with van der Waals surface area (Å²) in [6, 6.07) is 7.98. The number of hydrogen-bond acceptors (Lipinski definition) is 5. The molecule has 2 aliphatic rings. The van der Waals surface area contributed by atoms with Crippen LogP contribution in [0.5, 0.6) is 0 Å². The molecule has 2 heterocycles. The summed E-state index contributed by atoms with van der Waals surface area (Å²) in [4.78, 5) is 25.6. The normalized spacial score (nSPS) is 16.9. The smallest absolute Gasteiger partial charge is 0.319 e. The van der Waals surface area contributed by atoms with Gasteiger partial charge in [-0.25, -0.2) is 14.8 Å². The van der Waals surface area contributed by atoms with E-state index in [1.165, 1.54) is 24.0 Å². The topological polar surface area (TPSA) is 73.4 Å². The summed E-state index contributed by atoms with van der Waals surface area (Å²) in [5.41, 5.74) is 3.67. The van der Waals surface area contributed by atoms with Gasteiger partial charge in [-0.05, 0) is 61.9 Å². The molecule has 4 rings (SSSR count). The number of amides is 2. The Morgan fingerprint density at radius 1 is 1.00 bits per heavy atom. The van der Waals surface area contributed by atoms with Gasteiger partial charge in [-0.1, -0.05) is 12.1 Å². The first-order valence-electron chi connectivity index (χ1n) is 10.7. The maximum atomic E-state index is 12.3. The van der Waals surface area contributed by atoms with E-state index in [1.54, 1.807) is 12.4 Å². The van der Waals surface area contributed by atoms with Gasteiger partial charge in [-0.15, -0.1) is 0 Å². The molecule has 29 heavy (non-hydrogen) atoms. The molecule has 7 heteroatoms. The first-order chi connectivity index (χ1) is 14.3. The lowest BCUT2D eigenvalue weighted by atomic mass is 9.90. The Kier molecular flexibility index (Phi) is 6.56. The summed E-state index contributed by atoms with van der Waals surface area (Å²) in [5, 5.41) is 6.05. The van der Waals surface area contributed by atoms with Crippen LogP contribution in [0.25, 0.3) is 0 Å². The van der Waals surface area contributed by atoms with Crippen molar-refractivity contribution in [2.45, 2.75) is 32.1 Å². The van der Waals surface area contributed by atoms with Crippen LogP contribution >= 0.6 is 0 Å². The molecule has 1 aromatic heterocycles. The van der Waals surface area contributed by atoms with Gasteiger partial charge in [0.25, 0.3) is 0 Å². The van der Waals surface area contributed by atoms with Crippen LogP contribution in [0, 0.1) is 0 Å². The Labute approximate surface area is 172 Å². The molecule has 0 radical (unpaired) electrons. The average molecular weight is 395 g/mol. The molecule has 1 aliphatic heterocycles. The van der Waals surface area contributed by atoms with Crippen LogP contribution in [0.2, 0.25) is 0 Å². The van der Waals surface area contributed by atoms with E-state index in [1.807, 2.05) is 18.2 Å². The van der Waals surface area contributed by atoms with E-state index in [4.69, 9.17) is 0 Å². The fourth-order valence-electron chi connectivity index (χ4n) is 4.20. The van der Waals surface area contributed by atoms with E-state index in [9.17, 15) is 4.79 Å². The highest BCUT2D eigenvalue weighted by molar-refractivity contribution is 5.90. The summed E-state index contributed by atoms with van der Waals surface area (Å²) < 4.78 is 0. The summed E-state index contributed by atoms with van der Waals surface area (Å²) in [5.74, 6) is 0.814. The van der Waals surface area contributed by atoms with Crippen LogP contribution in [0.4, 0.5) is 16.4 Å². The van der Waals surface area contributed by atoms with Gasteiger partial charge in [-0.2, -0.15) is 0 Å². The van der Waals surface area contributed by atoms with Crippen LogP contribution in [0.1, 0.15) is 30.4 Å². The van der Waals surface area contributed by atoms with Crippen molar-refractivity contribution in [2.24, 2.45) is 0 Å². The quantitative estimate of drug-likeness (QED) is 0.737. The number of anilines is 2. The zero-order valence-electron chi connectivity index (χ0n) is 16.9. The molecule has 0 saturated carbocycles. The number of aromatic nitrogens is 2. The van der Waals surface area contributed by atoms with Gasteiger partial charge in [0, 0.05) is 50.8 Å². The molecule has 0 spiro atoms. The minimum Gasteiger partial charge on any atom is -0.338 e. The molecule has 2 aromatic rings. The molecular formula is C22H30N6O. The molecule has 0 unspecified atom stereocenters. The van der Waals surface area contributed by atoms with Gasteiger partial charge in [-0.3, -0.25) is 4.90 Å². The molecule has 0 bridgehead atoms. The summed E-state index contributed by atoms with van der Waals surface area (Å²) >= 11 is 0. The Bertz CT molecular complexity index is 804. The van der Waals surface area contributed by atoms with Crippen LogP contribution in [-0.2, 0) is 12.8 Å². The second-order valence-corrected chi connectivity index (χ2v) is 7.76. The maximum Gasteiger partial charge on any atom is 0.319 e. The molecule has 1 aromatic carbocycles. The zero-order valence-corrected chi connectivity index (χ0v) is 16.9. The van der Waals surface area contributed by atoms with Crippen molar-refractivity contribution in [2.75, 3.05) is 49.5 Å². The summed E-state index contributed by atoms with van der Waals surface area (Å²) in [6.07, 6.45) is 9.16. The first-order valence-corrected chi connectivity index (χ1v) is 10.7. The van der Waals surface area contributed by atoms with Gasteiger partial charge in [0.2, 0.25) is 5.95 Å². The minimum atomic E-state index is -0.102. The van der Waals surface area contributed by atoms with Crippen molar-refractivity contribution < 1.29 is 4.79 Å². The monoisotopic (exact) mass is 394 g/mol. The number of carbonyl (C=O) groups excluding carboxylic acids is 1. The van der Waals surface area contributed by atoms with Crippen LogP contribution in [0.3, 0.4) is 0 Å². The van der Waals surface area contributed by atoms with Crippen molar-refractivity contribution in [3.63, 3.8) is 0 Å². The molecule has 154 valence electrons. The second-order valence-electron chi connectivity index (χ2n) is 7.76. The van der Waals surface area contributed by atoms with Crippen molar-refractivity contribution in [3.8, 4) is 0 Å². The van der Waals surface area contributed by atoms with Crippen molar-refractivity contribution in [1.82, 2.24) is 20.2 Å². The number of rotatable bonds is 6. The molecule has 2 N–H and O–H groups in total.